The molecule has 8 heteroatoms. The minimum Gasteiger partial charge on any atom is -0.497 e. The van der Waals surface area contributed by atoms with Crippen molar-refractivity contribution in [2.45, 2.75) is 6.92 Å². The van der Waals surface area contributed by atoms with Crippen LogP contribution in [0.2, 0.25) is 0 Å². The number of nitrogens with zero attached hydrogens (tertiary/aromatic N) is 1. The first-order valence-electron chi connectivity index (χ1n) is 8.34. The molecule has 1 saturated heterocycles. The Morgan fingerprint density at radius 3 is 2.52 bits per heavy atom. The Morgan fingerprint density at radius 2 is 1.92 bits per heavy atom. The third kappa shape index (κ3) is 5.25. The maximum atomic E-state index is 12.3. The van der Waals surface area contributed by atoms with Gasteiger partial charge < -0.3 is 24.4 Å². The number of rotatable bonds is 6. The van der Waals surface area contributed by atoms with Crippen LogP contribution in [-0.4, -0.2) is 70.5 Å². The van der Waals surface area contributed by atoms with Crippen LogP contribution in [0.5, 0.6) is 11.5 Å². The Balaban J connectivity index is 1.86. The zero-order valence-corrected chi connectivity index (χ0v) is 15.0. The van der Waals surface area contributed by atoms with E-state index in [0.29, 0.717) is 56.5 Å². The minimum absolute atomic E-state index is 0.105. The monoisotopic (exact) mass is 352 g/mol. The summed E-state index contributed by atoms with van der Waals surface area (Å²) in [7, 11) is 3.12. The van der Waals surface area contributed by atoms with Gasteiger partial charge in [-0.3, -0.25) is 9.69 Å². The van der Waals surface area contributed by atoms with Gasteiger partial charge >= 0.3 is 6.09 Å². The third-order valence-corrected chi connectivity index (χ3v) is 4.09. The lowest BCUT2D eigenvalue weighted by Gasteiger charge is -2.31. The Hall–Kier alpha value is -2.48. The van der Waals surface area contributed by atoms with E-state index in [1.807, 2.05) is 0 Å². The van der Waals surface area contributed by atoms with Gasteiger partial charge in [0, 0.05) is 6.07 Å². The molecule has 0 saturated carbocycles. The van der Waals surface area contributed by atoms with Crippen LogP contribution in [0.4, 0.5) is 10.5 Å². The number of ether oxygens (including phenoxy) is 3. The molecule has 1 heterocycles. The first-order valence-corrected chi connectivity index (χ1v) is 8.34. The van der Waals surface area contributed by atoms with Crippen molar-refractivity contribution in [1.82, 2.24) is 4.90 Å². The number of benzene rings is 1. The summed E-state index contributed by atoms with van der Waals surface area (Å²) in [5.41, 5.74) is 0.580. The second-order valence-electron chi connectivity index (χ2n) is 5.73. The largest absolute Gasteiger partial charge is 0.497 e. The molecular formula is C17H26N3O5+. The molecule has 0 aliphatic carbocycles. The fourth-order valence-electron chi connectivity index (χ4n) is 2.73. The van der Waals surface area contributed by atoms with Gasteiger partial charge in [0.25, 0.3) is 5.91 Å². The van der Waals surface area contributed by atoms with E-state index in [0.717, 1.165) is 4.90 Å². The van der Waals surface area contributed by atoms with Gasteiger partial charge in [-0.15, -0.1) is 0 Å². The van der Waals surface area contributed by atoms with Crippen LogP contribution in [0.1, 0.15) is 6.92 Å². The Morgan fingerprint density at radius 1 is 1.20 bits per heavy atom. The fourth-order valence-corrected chi connectivity index (χ4v) is 2.73. The van der Waals surface area contributed by atoms with E-state index >= 15 is 0 Å². The lowest BCUT2D eigenvalue weighted by molar-refractivity contribution is -0.895. The minimum atomic E-state index is -0.285. The highest BCUT2D eigenvalue weighted by Gasteiger charge is 2.26. The molecule has 1 aliphatic rings. The molecule has 1 aromatic carbocycles. The number of methoxy groups -OCH3 is 2. The number of anilines is 1. The van der Waals surface area contributed by atoms with Crippen molar-refractivity contribution in [3.63, 3.8) is 0 Å². The first kappa shape index (κ1) is 18.9. The average Bonchev–Trinajstić information content (AvgIpc) is 2.62. The van der Waals surface area contributed by atoms with E-state index in [1.165, 1.54) is 0 Å². The van der Waals surface area contributed by atoms with Crippen molar-refractivity contribution >= 4 is 17.7 Å². The zero-order valence-electron chi connectivity index (χ0n) is 15.0. The van der Waals surface area contributed by atoms with Gasteiger partial charge in [0.2, 0.25) is 0 Å². The third-order valence-electron chi connectivity index (χ3n) is 4.09. The molecule has 2 amide bonds. The van der Waals surface area contributed by atoms with Crippen molar-refractivity contribution in [3.05, 3.63) is 18.2 Å². The standard InChI is InChI=1S/C17H25N3O5/c1-4-25-17(22)20-9-7-19(8-10-20)12-16(21)18-14-11-13(23-2)5-6-15(14)24-3/h5-6,11H,4,7-10,12H2,1-3H3,(H,18,21)/p+1. The Kier molecular flexibility index (Phi) is 6.88. The quantitative estimate of drug-likeness (QED) is 0.753. The van der Waals surface area contributed by atoms with Gasteiger partial charge in [-0.05, 0) is 19.1 Å². The summed E-state index contributed by atoms with van der Waals surface area (Å²) < 4.78 is 15.4. The van der Waals surface area contributed by atoms with Gasteiger partial charge in [0.05, 0.1) is 52.7 Å². The highest BCUT2D eigenvalue weighted by molar-refractivity contribution is 5.93. The summed E-state index contributed by atoms with van der Waals surface area (Å²) in [4.78, 5) is 26.8. The highest BCUT2D eigenvalue weighted by atomic mass is 16.6. The number of carbonyl (C=O) groups is 2. The highest BCUT2D eigenvalue weighted by Crippen LogP contribution is 2.28. The number of carbonyl (C=O) groups excluding carboxylic acids is 2. The SMILES string of the molecule is CCOC(=O)N1CC[NH+](CC(=O)Nc2cc(OC)ccc2OC)CC1. The predicted molar refractivity (Wildman–Crippen MR) is 92.3 cm³/mol. The maximum absolute atomic E-state index is 12.3. The molecule has 0 unspecified atom stereocenters. The summed E-state index contributed by atoms with van der Waals surface area (Å²) >= 11 is 0. The normalized spacial score (nSPS) is 14.8. The summed E-state index contributed by atoms with van der Waals surface area (Å²) in [6.07, 6.45) is -0.285. The summed E-state index contributed by atoms with van der Waals surface area (Å²) in [5.74, 6) is 1.12. The van der Waals surface area contributed by atoms with Crippen LogP contribution in [-0.2, 0) is 9.53 Å². The van der Waals surface area contributed by atoms with Gasteiger partial charge in [-0.1, -0.05) is 0 Å². The van der Waals surface area contributed by atoms with Gasteiger partial charge in [0.15, 0.2) is 6.54 Å². The molecule has 1 fully saturated rings. The van der Waals surface area contributed by atoms with Gasteiger partial charge in [0.1, 0.15) is 11.5 Å². The molecule has 1 aromatic rings. The zero-order chi connectivity index (χ0) is 18.2. The van der Waals surface area contributed by atoms with E-state index in [1.54, 1.807) is 44.2 Å². The second kappa shape index (κ2) is 9.12. The van der Waals surface area contributed by atoms with Crippen LogP contribution in [0.25, 0.3) is 0 Å². The van der Waals surface area contributed by atoms with E-state index in [9.17, 15) is 9.59 Å². The Labute approximate surface area is 147 Å². The predicted octanol–water partition coefficient (Wildman–Crippen LogP) is -0.000700. The van der Waals surface area contributed by atoms with Crippen LogP contribution in [0.3, 0.4) is 0 Å². The molecule has 0 radical (unpaired) electrons. The van der Waals surface area contributed by atoms with Crippen LogP contribution >= 0.6 is 0 Å². The lowest BCUT2D eigenvalue weighted by atomic mass is 10.2. The van der Waals surface area contributed by atoms with Crippen molar-refractivity contribution in [2.24, 2.45) is 0 Å². The maximum Gasteiger partial charge on any atom is 0.410 e. The van der Waals surface area contributed by atoms with Gasteiger partial charge in [-0.25, -0.2) is 4.79 Å². The van der Waals surface area contributed by atoms with Gasteiger partial charge in [-0.2, -0.15) is 0 Å². The van der Waals surface area contributed by atoms with Crippen LogP contribution < -0.4 is 19.7 Å². The van der Waals surface area contributed by atoms with Crippen molar-refractivity contribution < 1.29 is 28.7 Å². The van der Waals surface area contributed by atoms with Crippen LogP contribution in [0.15, 0.2) is 18.2 Å². The second-order valence-corrected chi connectivity index (χ2v) is 5.73. The van der Waals surface area contributed by atoms with Crippen LogP contribution in [0, 0.1) is 0 Å². The Bertz CT molecular complexity index is 600. The molecule has 0 spiro atoms. The summed E-state index contributed by atoms with van der Waals surface area (Å²) in [5, 5.41) is 2.87. The van der Waals surface area contributed by atoms with Crippen molar-refractivity contribution in [3.8, 4) is 11.5 Å². The summed E-state index contributed by atoms with van der Waals surface area (Å²) in [6.45, 7) is 5.08. The molecule has 2 rings (SSSR count). The number of piperazine rings is 1. The van der Waals surface area contributed by atoms with Crippen molar-refractivity contribution in [2.75, 3.05) is 58.9 Å². The van der Waals surface area contributed by atoms with E-state index in [2.05, 4.69) is 5.32 Å². The molecule has 1 aliphatic heterocycles. The molecule has 0 atom stereocenters. The molecular weight excluding hydrogens is 326 g/mol. The fraction of sp³-hybridized carbons (Fsp3) is 0.529. The van der Waals surface area contributed by atoms with E-state index in [4.69, 9.17) is 14.2 Å². The smallest absolute Gasteiger partial charge is 0.410 e. The molecule has 2 N–H and O–H groups in total. The molecule has 138 valence electrons. The number of nitrogens with one attached hydrogen (secondary N) is 2. The topological polar surface area (TPSA) is 81.5 Å². The molecule has 0 aromatic heterocycles. The summed E-state index contributed by atoms with van der Waals surface area (Å²) in [6, 6.07) is 5.25. The number of hydrogen-bond donors (Lipinski definition) is 2. The average molecular weight is 352 g/mol. The molecule has 0 bridgehead atoms. The number of amides is 2. The molecule has 8 nitrogen and oxygen atoms in total. The number of quaternary nitrogens is 1. The van der Waals surface area contributed by atoms with E-state index in [-0.39, 0.29) is 12.0 Å². The molecule has 25 heavy (non-hydrogen) atoms. The first-order chi connectivity index (χ1) is 12.1. The number of hydrogen-bond acceptors (Lipinski definition) is 5. The lowest BCUT2D eigenvalue weighted by Crippen LogP contribution is -3.15. The van der Waals surface area contributed by atoms with Crippen molar-refractivity contribution in [1.29, 1.82) is 0 Å². The van der Waals surface area contributed by atoms with E-state index < -0.39 is 0 Å².